The van der Waals surface area contributed by atoms with Crippen molar-refractivity contribution in [1.82, 2.24) is 9.97 Å². The quantitative estimate of drug-likeness (QED) is 0.547. The molecule has 2 rings (SSSR count). The molecule has 0 radical (unpaired) electrons. The molecule has 1 aliphatic rings. The molecular weight excluding hydrogens is 229 g/mol. The minimum Gasteiger partial charge on any atom is -0.467 e. The molecule has 0 unspecified atom stereocenters. The van der Waals surface area contributed by atoms with E-state index in [9.17, 15) is 14.0 Å². The number of esters is 1. The smallest absolute Gasteiger partial charge is 0.329 e. The van der Waals surface area contributed by atoms with Crippen molar-refractivity contribution in [2.75, 3.05) is 12.0 Å². The molecular formula is C10H10FN3O3. The zero-order valence-corrected chi connectivity index (χ0v) is 9.09. The van der Waals surface area contributed by atoms with Crippen molar-refractivity contribution < 1.29 is 18.7 Å². The molecule has 0 saturated carbocycles. The number of hydrogen-bond donors (Lipinski definition) is 0. The van der Waals surface area contributed by atoms with Gasteiger partial charge >= 0.3 is 12.0 Å². The highest BCUT2D eigenvalue weighted by Gasteiger charge is 2.38. The lowest BCUT2D eigenvalue weighted by molar-refractivity contribution is -0.142. The van der Waals surface area contributed by atoms with E-state index in [4.69, 9.17) is 0 Å². The van der Waals surface area contributed by atoms with Crippen LogP contribution in [-0.4, -0.2) is 35.0 Å². The fraction of sp³-hybridized carbons (Fsp3) is 0.400. The molecule has 90 valence electrons. The first-order valence-corrected chi connectivity index (χ1v) is 5.02. The molecule has 1 atom stereocenters. The lowest BCUT2D eigenvalue weighted by Gasteiger charge is -2.21. The van der Waals surface area contributed by atoms with Gasteiger partial charge in [0.2, 0.25) is 5.91 Å². The Hall–Kier alpha value is -2.05. The van der Waals surface area contributed by atoms with Crippen LogP contribution in [0.4, 0.5) is 10.2 Å². The minimum atomic E-state index is -0.939. The highest BCUT2D eigenvalue weighted by atomic mass is 19.1. The Morgan fingerprint density at radius 1 is 1.65 bits per heavy atom. The number of rotatable bonds is 2. The van der Waals surface area contributed by atoms with E-state index in [1.54, 1.807) is 0 Å². The number of aromatic nitrogens is 2. The zero-order chi connectivity index (χ0) is 12.4. The largest absolute Gasteiger partial charge is 0.467 e. The molecule has 0 aliphatic carbocycles. The normalized spacial score (nSPS) is 19.5. The Morgan fingerprint density at radius 2 is 2.41 bits per heavy atom. The van der Waals surface area contributed by atoms with Crippen LogP contribution in [0.25, 0.3) is 0 Å². The maximum atomic E-state index is 12.9. The Bertz CT molecular complexity index is 466. The van der Waals surface area contributed by atoms with Crippen molar-refractivity contribution in [3.8, 4) is 0 Å². The molecule has 6 nitrogen and oxygen atoms in total. The second kappa shape index (κ2) is 4.44. The molecule has 1 aromatic rings. The van der Waals surface area contributed by atoms with Gasteiger partial charge in [-0.15, -0.1) is 0 Å². The summed E-state index contributed by atoms with van der Waals surface area (Å²) in [6, 6.07) is 0.643. The summed E-state index contributed by atoms with van der Waals surface area (Å²) in [5, 5.41) is 0. The fourth-order valence-corrected chi connectivity index (χ4v) is 1.79. The highest BCUT2D eigenvalue weighted by molar-refractivity contribution is 6.01. The number of carbonyl (C=O) groups is 2. The standard InChI is InChI=1S/C10H10FN3O3/c1-17-9(16)6-2-3-8(15)14(6)7-4-5-12-10(11)13-7/h4-6H,2-3H2,1H3/t6-/m1/s1. The number of hydrogen-bond acceptors (Lipinski definition) is 5. The van der Waals surface area contributed by atoms with Crippen molar-refractivity contribution in [2.24, 2.45) is 0 Å². The summed E-state index contributed by atoms with van der Waals surface area (Å²) in [4.78, 5) is 31.1. The lowest BCUT2D eigenvalue weighted by atomic mass is 10.2. The van der Waals surface area contributed by atoms with Gasteiger partial charge in [-0.05, 0) is 12.5 Å². The van der Waals surface area contributed by atoms with Crippen molar-refractivity contribution >= 4 is 17.7 Å². The van der Waals surface area contributed by atoms with Gasteiger partial charge in [-0.3, -0.25) is 9.69 Å². The molecule has 1 fully saturated rings. The molecule has 7 heteroatoms. The summed E-state index contributed by atoms with van der Waals surface area (Å²) in [6.07, 6.45) is 0.811. The summed E-state index contributed by atoms with van der Waals surface area (Å²) in [7, 11) is 1.24. The van der Waals surface area contributed by atoms with E-state index in [0.717, 1.165) is 4.90 Å². The van der Waals surface area contributed by atoms with Crippen molar-refractivity contribution in [3.63, 3.8) is 0 Å². The molecule has 0 bridgehead atoms. The molecule has 1 saturated heterocycles. The first-order valence-electron chi connectivity index (χ1n) is 5.02. The van der Waals surface area contributed by atoms with E-state index in [1.807, 2.05) is 0 Å². The van der Waals surface area contributed by atoms with Gasteiger partial charge < -0.3 is 4.74 Å². The van der Waals surface area contributed by atoms with E-state index >= 15 is 0 Å². The average molecular weight is 239 g/mol. The van der Waals surface area contributed by atoms with Gasteiger partial charge in [0.05, 0.1) is 7.11 Å². The van der Waals surface area contributed by atoms with Crippen LogP contribution >= 0.6 is 0 Å². The summed E-state index contributed by atoms with van der Waals surface area (Å²) in [6.45, 7) is 0. The van der Waals surface area contributed by atoms with E-state index in [2.05, 4.69) is 14.7 Å². The SMILES string of the molecule is COC(=O)[C@H]1CCC(=O)N1c1ccnc(F)n1. The molecule has 17 heavy (non-hydrogen) atoms. The zero-order valence-electron chi connectivity index (χ0n) is 9.09. The molecule has 0 spiro atoms. The number of ether oxygens (including phenoxy) is 1. The van der Waals surface area contributed by atoms with Crippen LogP contribution in [0.5, 0.6) is 0 Å². The Kier molecular flexibility index (Phi) is 2.99. The predicted octanol–water partition coefficient (Wildman–Crippen LogP) is 0.284. The highest BCUT2D eigenvalue weighted by Crippen LogP contribution is 2.25. The second-order valence-corrected chi connectivity index (χ2v) is 3.53. The third-order valence-electron chi connectivity index (χ3n) is 2.54. The molecule has 1 aliphatic heterocycles. The molecule has 0 aromatic carbocycles. The van der Waals surface area contributed by atoms with Crippen LogP contribution in [0.2, 0.25) is 0 Å². The van der Waals surface area contributed by atoms with Gasteiger partial charge in [0, 0.05) is 12.6 Å². The minimum absolute atomic E-state index is 0.0791. The van der Waals surface area contributed by atoms with Crippen LogP contribution in [0.15, 0.2) is 12.3 Å². The van der Waals surface area contributed by atoms with Gasteiger partial charge in [0.1, 0.15) is 11.9 Å². The van der Waals surface area contributed by atoms with Crippen LogP contribution < -0.4 is 4.90 Å². The maximum absolute atomic E-state index is 12.9. The number of halogens is 1. The number of amides is 1. The Morgan fingerprint density at radius 3 is 3.06 bits per heavy atom. The Balaban J connectivity index is 2.34. The topological polar surface area (TPSA) is 72.4 Å². The van der Waals surface area contributed by atoms with Gasteiger partial charge in [-0.25, -0.2) is 9.78 Å². The molecule has 0 N–H and O–H groups in total. The van der Waals surface area contributed by atoms with Crippen LogP contribution in [-0.2, 0) is 14.3 Å². The Labute approximate surface area is 96.4 Å². The number of nitrogens with zero attached hydrogens (tertiary/aromatic N) is 3. The van der Waals surface area contributed by atoms with Gasteiger partial charge in [-0.1, -0.05) is 0 Å². The number of carbonyl (C=O) groups excluding carboxylic acids is 2. The number of methoxy groups -OCH3 is 1. The first-order chi connectivity index (χ1) is 8.13. The molecule has 1 amide bonds. The van der Waals surface area contributed by atoms with Crippen LogP contribution in [0.1, 0.15) is 12.8 Å². The maximum Gasteiger partial charge on any atom is 0.329 e. The van der Waals surface area contributed by atoms with Crippen LogP contribution in [0.3, 0.4) is 0 Å². The molecule has 1 aromatic heterocycles. The third kappa shape index (κ3) is 2.08. The van der Waals surface area contributed by atoms with Crippen molar-refractivity contribution in [1.29, 1.82) is 0 Å². The number of anilines is 1. The summed E-state index contributed by atoms with van der Waals surface area (Å²) in [5.41, 5.74) is 0. The average Bonchev–Trinajstić information content (AvgIpc) is 2.70. The summed E-state index contributed by atoms with van der Waals surface area (Å²) < 4.78 is 17.5. The van der Waals surface area contributed by atoms with Gasteiger partial charge in [0.25, 0.3) is 0 Å². The van der Waals surface area contributed by atoms with E-state index in [-0.39, 0.29) is 18.1 Å². The van der Waals surface area contributed by atoms with E-state index < -0.39 is 18.1 Å². The second-order valence-electron chi connectivity index (χ2n) is 3.53. The third-order valence-corrected chi connectivity index (χ3v) is 2.54. The lowest BCUT2D eigenvalue weighted by Crippen LogP contribution is -2.40. The van der Waals surface area contributed by atoms with Crippen molar-refractivity contribution in [2.45, 2.75) is 18.9 Å². The van der Waals surface area contributed by atoms with E-state index in [0.29, 0.717) is 6.42 Å². The summed E-state index contributed by atoms with van der Waals surface area (Å²) in [5.74, 6) is -0.733. The van der Waals surface area contributed by atoms with Crippen LogP contribution in [0, 0.1) is 6.08 Å². The monoisotopic (exact) mass is 239 g/mol. The van der Waals surface area contributed by atoms with Gasteiger partial charge in [0.15, 0.2) is 0 Å². The van der Waals surface area contributed by atoms with Crippen molar-refractivity contribution in [3.05, 3.63) is 18.3 Å². The first kappa shape index (κ1) is 11.4. The van der Waals surface area contributed by atoms with Gasteiger partial charge in [-0.2, -0.15) is 9.37 Å². The summed E-state index contributed by atoms with van der Waals surface area (Å²) >= 11 is 0. The predicted molar refractivity (Wildman–Crippen MR) is 54.5 cm³/mol. The van der Waals surface area contributed by atoms with E-state index in [1.165, 1.54) is 19.4 Å². The molecule has 2 heterocycles. The fourth-order valence-electron chi connectivity index (χ4n) is 1.79.